The number of carbonyl (C=O) groups is 2. The first kappa shape index (κ1) is 13.2. The van der Waals surface area contributed by atoms with Gasteiger partial charge in [-0.05, 0) is 24.6 Å². The van der Waals surface area contributed by atoms with Crippen molar-refractivity contribution in [1.82, 2.24) is 0 Å². The lowest BCUT2D eigenvalue weighted by Crippen LogP contribution is -2.23. The molecule has 0 aliphatic heterocycles. The monoisotopic (exact) mass is 235 g/mol. The van der Waals surface area contributed by atoms with Crippen molar-refractivity contribution in [3.63, 3.8) is 0 Å². The molecule has 0 saturated carbocycles. The minimum absolute atomic E-state index is 0.0882. The average molecular weight is 235 g/mol. The largest absolute Gasteiger partial charge is 0.324 e. The highest BCUT2D eigenvalue weighted by Gasteiger charge is 2.08. The maximum atomic E-state index is 11.3. The lowest BCUT2D eigenvalue weighted by atomic mass is 10.2. The van der Waals surface area contributed by atoms with Crippen LogP contribution in [0.15, 0.2) is 18.2 Å². The molecule has 0 radical (unpaired) electrons. The van der Waals surface area contributed by atoms with Gasteiger partial charge in [0.15, 0.2) is 0 Å². The molecule has 4 N–H and O–H groups in total. The lowest BCUT2D eigenvalue weighted by Gasteiger charge is -2.12. The van der Waals surface area contributed by atoms with Crippen LogP contribution in [-0.2, 0) is 9.59 Å². The Bertz CT molecular complexity index is 430. The second kappa shape index (κ2) is 6.00. The molecule has 0 aromatic heterocycles. The van der Waals surface area contributed by atoms with E-state index in [9.17, 15) is 9.59 Å². The zero-order valence-electron chi connectivity index (χ0n) is 10.0. The van der Waals surface area contributed by atoms with Crippen molar-refractivity contribution in [2.75, 3.05) is 17.2 Å². The maximum Gasteiger partial charge on any atom is 0.238 e. The Balaban J connectivity index is 2.95. The summed E-state index contributed by atoms with van der Waals surface area (Å²) < 4.78 is 0. The summed E-state index contributed by atoms with van der Waals surface area (Å²) in [6.07, 6.45) is 0.387. The van der Waals surface area contributed by atoms with Gasteiger partial charge in [-0.25, -0.2) is 0 Å². The fourth-order valence-electron chi connectivity index (χ4n) is 1.31. The number of hydrogen-bond acceptors (Lipinski definition) is 3. The number of nitrogens with two attached hydrogens (primary N) is 1. The molecule has 1 rings (SSSR count). The van der Waals surface area contributed by atoms with Crippen LogP contribution >= 0.6 is 0 Å². The number of nitrogens with one attached hydrogen (secondary N) is 2. The minimum Gasteiger partial charge on any atom is -0.324 e. The number of hydrogen-bond donors (Lipinski definition) is 3. The SMILES string of the molecule is CCC(=O)Nc1ccc(C)cc1NC(=O)CN. The van der Waals surface area contributed by atoms with Crippen LogP contribution in [0.4, 0.5) is 11.4 Å². The van der Waals surface area contributed by atoms with E-state index in [-0.39, 0.29) is 18.4 Å². The topological polar surface area (TPSA) is 84.2 Å². The van der Waals surface area contributed by atoms with Crippen molar-refractivity contribution in [1.29, 1.82) is 0 Å². The molecule has 0 bridgehead atoms. The summed E-state index contributed by atoms with van der Waals surface area (Å²) in [5.41, 5.74) is 7.39. The van der Waals surface area contributed by atoms with E-state index in [4.69, 9.17) is 5.73 Å². The van der Waals surface area contributed by atoms with E-state index in [1.54, 1.807) is 19.1 Å². The zero-order chi connectivity index (χ0) is 12.8. The Morgan fingerprint density at radius 2 is 1.82 bits per heavy atom. The van der Waals surface area contributed by atoms with E-state index in [1.807, 2.05) is 13.0 Å². The molecule has 5 nitrogen and oxygen atoms in total. The molecule has 17 heavy (non-hydrogen) atoms. The Morgan fingerprint density at radius 1 is 1.18 bits per heavy atom. The molecule has 2 amide bonds. The molecule has 1 aromatic rings. The van der Waals surface area contributed by atoms with Crippen LogP contribution in [0.3, 0.4) is 0 Å². The number of amides is 2. The fourth-order valence-corrected chi connectivity index (χ4v) is 1.31. The molecule has 0 fully saturated rings. The van der Waals surface area contributed by atoms with Crippen LogP contribution in [0.1, 0.15) is 18.9 Å². The van der Waals surface area contributed by atoms with Gasteiger partial charge >= 0.3 is 0 Å². The first-order chi connectivity index (χ1) is 8.06. The second-order valence-electron chi connectivity index (χ2n) is 3.70. The number of benzene rings is 1. The first-order valence-corrected chi connectivity index (χ1v) is 5.47. The Hall–Kier alpha value is -1.88. The molecule has 5 heteroatoms. The van der Waals surface area contributed by atoms with Crippen LogP contribution in [0.25, 0.3) is 0 Å². The molecule has 0 atom stereocenters. The normalized spacial score (nSPS) is 9.82. The van der Waals surface area contributed by atoms with Crippen molar-refractivity contribution < 1.29 is 9.59 Å². The molecule has 1 aromatic carbocycles. The predicted molar refractivity (Wildman–Crippen MR) is 67.8 cm³/mol. The van der Waals surface area contributed by atoms with Crippen molar-refractivity contribution in [2.24, 2.45) is 5.73 Å². The number of aryl methyl sites for hydroxylation is 1. The van der Waals surface area contributed by atoms with Crippen LogP contribution < -0.4 is 16.4 Å². The van der Waals surface area contributed by atoms with E-state index in [0.717, 1.165) is 5.56 Å². The summed E-state index contributed by atoms with van der Waals surface area (Å²) >= 11 is 0. The molecular formula is C12H17N3O2. The molecule has 0 aliphatic rings. The van der Waals surface area contributed by atoms with Crippen molar-refractivity contribution >= 4 is 23.2 Å². The Labute approximate surface area is 100 Å². The third-order valence-electron chi connectivity index (χ3n) is 2.23. The van der Waals surface area contributed by atoms with Gasteiger partial charge in [0, 0.05) is 6.42 Å². The summed E-state index contributed by atoms with van der Waals surface area (Å²) in [4.78, 5) is 22.6. The van der Waals surface area contributed by atoms with E-state index < -0.39 is 0 Å². The third-order valence-corrected chi connectivity index (χ3v) is 2.23. The zero-order valence-corrected chi connectivity index (χ0v) is 10.0. The average Bonchev–Trinajstić information content (AvgIpc) is 2.32. The van der Waals surface area contributed by atoms with Crippen molar-refractivity contribution in [2.45, 2.75) is 20.3 Å². The van der Waals surface area contributed by atoms with E-state index in [0.29, 0.717) is 17.8 Å². The van der Waals surface area contributed by atoms with Gasteiger partial charge in [0.2, 0.25) is 11.8 Å². The molecule has 0 saturated heterocycles. The summed E-state index contributed by atoms with van der Waals surface area (Å²) in [7, 11) is 0. The number of anilines is 2. The van der Waals surface area contributed by atoms with Crippen molar-refractivity contribution in [3.8, 4) is 0 Å². The van der Waals surface area contributed by atoms with Gasteiger partial charge in [0.25, 0.3) is 0 Å². The van der Waals surface area contributed by atoms with Gasteiger partial charge in [0.1, 0.15) is 0 Å². The molecule has 0 heterocycles. The predicted octanol–water partition coefficient (Wildman–Crippen LogP) is 1.24. The molecule has 92 valence electrons. The van der Waals surface area contributed by atoms with Gasteiger partial charge in [0.05, 0.1) is 17.9 Å². The standard InChI is InChI=1S/C12H17N3O2/c1-3-11(16)14-9-5-4-8(2)6-10(9)15-12(17)7-13/h4-6H,3,7,13H2,1-2H3,(H,14,16)(H,15,17). The number of rotatable bonds is 4. The molecule has 0 spiro atoms. The highest BCUT2D eigenvalue weighted by atomic mass is 16.2. The van der Waals surface area contributed by atoms with Gasteiger partial charge in [-0.15, -0.1) is 0 Å². The van der Waals surface area contributed by atoms with E-state index in [1.165, 1.54) is 0 Å². The summed E-state index contributed by atoms with van der Waals surface area (Å²) in [6.45, 7) is 3.58. The van der Waals surface area contributed by atoms with Crippen LogP contribution in [0.5, 0.6) is 0 Å². The third kappa shape index (κ3) is 3.88. The van der Waals surface area contributed by atoms with E-state index >= 15 is 0 Å². The van der Waals surface area contributed by atoms with Crippen molar-refractivity contribution in [3.05, 3.63) is 23.8 Å². The Kier molecular flexibility index (Phi) is 4.66. The van der Waals surface area contributed by atoms with Gasteiger partial charge < -0.3 is 16.4 Å². The number of carbonyl (C=O) groups excluding carboxylic acids is 2. The van der Waals surface area contributed by atoms with Gasteiger partial charge in [-0.3, -0.25) is 9.59 Å². The van der Waals surface area contributed by atoms with Gasteiger partial charge in [-0.1, -0.05) is 13.0 Å². The highest BCUT2D eigenvalue weighted by Crippen LogP contribution is 2.23. The minimum atomic E-state index is -0.289. The lowest BCUT2D eigenvalue weighted by molar-refractivity contribution is -0.116. The van der Waals surface area contributed by atoms with E-state index in [2.05, 4.69) is 10.6 Å². The molecular weight excluding hydrogens is 218 g/mol. The maximum absolute atomic E-state index is 11.3. The smallest absolute Gasteiger partial charge is 0.238 e. The first-order valence-electron chi connectivity index (χ1n) is 5.47. The summed E-state index contributed by atoms with van der Waals surface area (Å²) in [6, 6.07) is 5.41. The molecule has 0 aliphatic carbocycles. The van der Waals surface area contributed by atoms with Crippen LogP contribution in [0.2, 0.25) is 0 Å². The van der Waals surface area contributed by atoms with Crippen LogP contribution in [-0.4, -0.2) is 18.4 Å². The summed E-state index contributed by atoms with van der Waals surface area (Å²) in [5, 5.41) is 5.37. The van der Waals surface area contributed by atoms with Gasteiger partial charge in [-0.2, -0.15) is 0 Å². The molecule has 0 unspecified atom stereocenters. The fraction of sp³-hybridized carbons (Fsp3) is 0.333. The quantitative estimate of drug-likeness (QED) is 0.734. The van der Waals surface area contributed by atoms with Crippen LogP contribution in [0, 0.1) is 6.92 Å². The summed E-state index contributed by atoms with van der Waals surface area (Å²) in [5.74, 6) is -0.389. The highest BCUT2D eigenvalue weighted by molar-refractivity contribution is 6.00. The second-order valence-corrected chi connectivity index (χ2v) is 3.70. The Morgan fingerprint density at radius 3 is 2.41 bits per heavy atom.